The number of para-hydroxylation sites is 1. The number of ether oxygens (including phenoxy) is 2. The van der Waals surface area contributed by atoms with Crippen molar-refractivity contribution in [2.45, 2.75) is 11.7 Å². The van der Waals surface area contributed by atoms with Crippen molar-refractivity contribution in [1.82, 2.24) is 20.2 Å². The molecule has 0 aliphatic rings. The Hall–Kier alpha value is -3.83. The molecule has 1 aromatic heterocycles. The first-order valence-electron chi connectivity index (χ1n) is 11.2. The first-order chi connectivity index (χ1) is 18.1. The molecule has 0 radical (unpaired) electrons. The molecule has 37 heavy (non-hydrogen) atoms. The smallest absolute Gasteiger partial charge is 0.250 e. The lowest BCUT2D eigenvalue weighted by molar-refractivity contribution is -0.118. The zero-order valence-corrected chi connectivity index (χ0v) is 22.6. The van der Waals surface area contributed by atoms with E-state index < -0.39 is 0 Å². The van der Waals surface area contributed by atoms with E-state index >= 15 is 0 Å². The van der Waals surface area contributed by atoms with Gasteiger partial charge in [-0.3, -0.25) is 9.36 Å². The quantitative estimate of drug-likeness (QED) is 0.148. The lowest BCUT2D eigenvalue weighted by Crippen LogP contribution is -2.20. The third-order valence-electron chi connectivity index (χ3n) is 5.17. The summed E-state index contributed by atoms with van der Waals surface area (Å²) in [5, 5.41) is 16.7. The van der Waals surface area contributed by atoms with Gasteiger partial charge in [0, 0.05) is 21.4 Å². The van der Waals surface area contributed by atoms with Crippen molar-refractivity contribution in [1.29, 1.82) is 0 Å². The molecule has 1 amide bonds. The van der Waals surface area contributed by atoms with Crippen LogP contribution < -0.4 is 20.2 Å². The van der Waals surface area contributed by atoms with Crippen LogP contribution >= 0.6 is 27.7 Å². The molecule has 0 unspecified atom stereocenters. The highest BCUT2D eigenvalue weighted by Gasteiger charge is 2.16. The molecule has 0 bridgehead atoms. The molecule has 0 aliphatic carbocycles. The minimum atomic E-state index is -0.268. The number of anilines is 1. The maximum Gasteiger partial charge on any atom is 0.250 e. The van der Waals surface area contributed by atoms with Gasteiger partial charge in [0.25, 0.3) is 5.91 Å². The van der Waals surface area contributed by atoms with Gasteiger partial charge in [-0.15, -0.1) is 10.2 Å². The van der Waals surface area contributed by atoms with Gasteiger partial charge in [-0.25, -0.2) is 5.43 Å². The SMILES string of the molecule is COc1ccc(NCc2nnc(SCC(=O)N/N=C/c3cc(Br)ccc3OC)n2-c2ccccc2)cc1. The van der Waals surface area contributed by atoms with Crippen LogP contribution in [0.15, 0.2) is 87.5 Å². The van der Waals surface area contributed by atoms with Gasteiger partial charge in [0.15, 0.2) is 11.0 Å². The number of halogens is 1. The number of thioether (sulfide) groups is 1. The Morgan fingerprint density at radius 1 is 1.05 bits per heavy atom. The van der Waals surface area contributed by atoms with E-state index in [1.54, 1.807) is 20.4 Å². The number of methoxy groups -OCH3 is 2. The van der Waals surface area contributed by atoms with Crippen molar-refractivity contribution >= 4 is 45.5 Å². The Morgan fingerprint density at radius 3 is 2.57 bits per heavy atom. The van der Waals surface area contributed by atoms with Crippen molar-refractivity contribution < 1.29 is 14.3 Å². The predicted octanol–water partition coefficient (Wildman–Crippen LogP) is 4.90. The Balaban J connectivity index is 1.42. The second-order valence-electron chi connectivity index (χ2n) is 7.62. The summed E-state index contributed by atoms with van der Waals surface area (Å²) in [7, 11) is 3.22. The summed E-state index contributed by atoms with van der Waals surface area (Å²) in [5.74, 6) is 2.00. The summed E-state index contributed by atoms with van der Waals surface area (Å²) in [6.07, 6.45) is 1.54. The van der Waals surface area contributed by atoms with Gasteiger partial charge < -0.3 is 14.8 Å². The molecular weight excluding hydrogens is 556 g/mol. The minimum absolute atomic E-state index is 0.115. The van der Waals surface area contributed by atoms with E-state index in [4.69, 9.17) is 9.47 Å². The van der Waals surface area contributed by atoms with Crippen LogP contribution in [0.1, 0.15) is 11.4 Å². The highest BCUT2D eigenvalue weighted by Crippen LogP contribution is 2.24. The number of nitrogens with one attached hydrogen (secondary N) is 2. The number of nitrogens with zero attached hydrogens (tertiary/aromatic N) is 4. The highest BCUT2D eigenvalue weighted by atomic mass is 79.9. The van der Waals surface area contributed by atoms with E-state index in [1.807, 2.05) is 77.4 Å². The average Bonchev–Trinajstić information content (AvgIpc) is 3.34. The van der Waals surface area contributed by atoms with Crippen LogP contribution in [0.5, 0.6) is 11.5 Å². The molecule has 0 fully saturated rings. The number of carbonyl (C=O) groups excluding carboxylic acids is 1. The van der Waals surface area contributed by atoms with Crippen LogP contribution in [0.2, 0.25) is 0 Å². The van der Waals surface area contributed by atoms with Crippen molar-refractivity contribution in [2.24, 2.45) is 5.10 Å². The summed E-state index contributed by atoms with van der Waals surface area (Å²) >= 11 is 4.70. The van der Waals surface area contributed by atoms with Crippen LogP contribution in [-0.2, 0) is 11.3 Å². The van der Waals surface area contributed by atoms with Crippen molar-refractivity contribution in [3.8, 4) is 17.2 Å². The summed E-state index contributed by atoms with van der Waals surface area (Å²) in [4.78, 5) is 12.5. The molecule has 0 spiro atoms. The lowest BCUT2D eigenvalue weighted by Gasteiger charge is -2.11. The average molecular weight is 581 g/mol. The molecule has 0 atom stereocenters. The second-order valence-corrected chi connectivity index (χ2v) is 9.48. The highest BCUT2D eigenvalue weighted by molar-refractivity contribution is 9.10. The summed E-state index contributed by atoms with van der Waals surface area (Å²) in [6.45, 7) is 0.444. The first kappa shape index (κ1) is 26.2. The van der Waals surface area contributed by atoms with Gasteiger partial charge >= 0.3 is 0 Å². The van der Waals surface area contributed by atoms with Crippen LogP contribution in [-0.4, -0.2) is 46.9 Å². The molecule has 0 saturated carbocycles. The largest absolute Gasteiger partial charge is 0.497 e. The Kier molecular flexibility index (Phi) is 9.17. The van der Waals surface area contributed by atoms with E-state index in [1.165, 1.54) is 11.8 Å². The molecule has 190 valence electrons. The van der Waals surface area contributed by atoms with Gasteiger partial charge in [0.1, 0.15) is 11.5 Å². The van der Waals surface area contributed by atoms with E-state index in [9.17, 15) is 4.79 Å². The number of aromatic nitrogens is 3. The Labute approximate surface area is 227 Å². The standard InChI is InChI=1S/C26H25BrN6O3S/c1-35-22-11-9-20(10-12-22)28-16-24-30-32-26(33(24)21-6-4-3-5-7-21)37-17-25(34)31-29-15-18-14-19(27)8-13-23(18)36-2/h3-15,28H,16-17H2,1-2H3,(H,31,34)/b29-15+. The molecule has 4 rings (SSSR count). The summed E-state index contributed by atoms with van der Waals surface area (Å²) < 4.78 is 13.4. The molecule has 0 saturated heterocycles. The number of hydrogen-bond donors (Lipinski definition) is 2. The van der Waals surface area contributed by atoms with Gasteiger partial charge in [0.05, 0.1) is 32.7 Å². The number of hydrazone groups is 1. The Bertz CT molecular complexity index is 1360. The molecule has 9 nitrogen and oxygen atoms in total. The van der Waals surface area contributed by atoms with Gasteiger partial charge in [-0.1, -0.05) is 45.9 Å². The first-order valence-corrected chi connectivity index (χ1v) is 13.0. The molecule has 2 N–H and O–H groups in total. The van der Waals surface area contributed by atoms with Gasteiger partial charge in [-0.2, -0.15) is 5.10 Å². The monoisotopic (exact) mass is 580 g/mol. The van der Waals surface area contributed by atoms with Crippen molar-refractivity contribution in [3.05, 3.63) is 88.7 Å². The Morgan fingerprint density at radius 2 is 1.84 bits per heavy atom. The number of hydrogen-bond acceptors (Lipinski definition) is 8. The zero-order valence-electron chi connectivity index (χ0n) is 20.2. The minimum Gasteiger partial charge on any atom is -0.497 e. The normalized spacial score (nSPS) is 10.9. The van der Waals surface area contributed by atoms with E-state index in [0.717, 1.165) is 27.2 Å². The zero-order chi connectivity index (χ0) is 26.0. The third-order valence-corrected chi connectivity index (χ3v) is 6.59. The van der Waals surface area contributed by atoms with Crippen LogP contribution in [0.3, 0.4) is 0 Å². The molecule has 0 aliphatic heterocycles. The maximum atomic E-state index is 12.5. The number of carbonyl (C=O) groups is 1. The van der Waals surface area contributed by atoms with E-state index in [-0.39, 0.29) is 11.7 Å². The second kappa shape index (κ2) is 12.9. The fourth-order valence-corrected chi connectivity index (χ4v) is 4.52. The predicted molar refractivity (Wildman–Crippen MR) is 149 cm³/mol. The number of amides is 1. The van der Waals surface area contributed by atoms with Crippen LogP contribution in [0.4, 0.5) is 5.69 Å². The van der Waals surface area contributed by atoms with E-state index in [2.05, 4.69) is 42.0 Å². The van der Waals surface area contributed by atoms with Gasteiger partial charge in [0.2, 0.25) is 0 Å². The molecule has 11 heteroatoms. The fourth-order valence-electron chi connectivity index (χ4n) is 3.38. The van der Waals surface area contributed by atoms with Crippen LogP contribution in [0, 0.1) is 0 Å². The molecule has 4 aromatic rings. The van der Waals surface area contributed by atoms with Crippen molar-refractivity contribution in [3.63, 3.8) is 0 Å². The van der Waals surface area contributed by atoms with Crippen molar-refractivity contribution in [2.75, 3.05) is 25.3 Å². The molecule has 1 heterocycles. The number of rotatable bonds is 11. The lowest BCUT2D eigenvalue weighted by atomic mass is 10.2. The fraction of sp³-hybridized carbons (Fsp3) is 0.154. The van der Waals surface area contributed by atoms with Gasteiger partial charge in [-0.05, 0) is 54.6 Å². The number of benzene rings is 3. The van der Waals surface area contributed by atoms with Crippen LogP contribution in [0.25, 0.3) is 5.69 Å². The van der Waals surface area contributed by atoms with E-state index in [0.29, 0.717) is 23.3 Å². The maximum absolute atomic E-state index is 12.5. The molecule has 3 aromatic carbocycles. The topological polar surface area (TPSA) is 103 Å². The summed E-state index contributed by atoms with van der Waals surface area (Å²) in [5.41, 5.74) is 5.12. The summed E-state index contributed by atoms with van der Waals surface area (Å²) in [6, 6.07) is 23.0. The molecular formula is C26H25BrN6O3S. The third kappa shape index (κ3) is 7.11.